The number of anilines is 1. The minimum atomic E-state index is -0.625. The molecule has 6 nitrogen and oxygen atoms in total. The number of benzene rings is 2. The standard InChI is InChI=1S/C21H24FN3O3/c1-14-4-6-16(7-5-14)13-24-10-11-25(15(2)20(24)26)21(27)23-19-9-8-17(28-3)12-18(19)22/h4-9,12,15H,10-11,13H2,1-3H3,(H,23,27)/t15-/m0/s1. The maximum absolute atomic E-state index is 14.1. The van der Waals surface area contributed by atoms with Gasteiger partial charge in [-0.3, -0.25) is 4.79 Å². The van der Waals surface area contributed by atoms with Gasteiger partial charge in [0.1, 0.15) is 17.6 Å². The smallest absolute Gasteiger partial charge is 0.322 e. The van der Waals surface area contributed by atoms with Crippen molar-refractivity contribution in [2.45, 2.75) is 26.4 Å². The Hall–Kier alpha value is -3.09. The number of hydrogen-bond acceptors (Lipinski definition) is 3. The minimum Gasteiger partial charge on any atom is -0.497 e. The maximum Gasteiger partial charge on any atom is 0.322 e. The highest BCUT2D eigenvalue weighted by atomic mass is 19.1. The SMILES string of the molecule is COc1ccc(NC(=O)N2CCN(Cc3ccc(C)cc3)C(=O)[C@@H]2C)c(F)c1. The predicted octanol–water partition coefficient (Wildman–Crippen LogP) is 3.41. The topological polar surface area (TPSA) is 61.9 Å². The zero-order valence-electron chi connectivity index (χ0n) is 16.2. The zero-order valence-corrected chi connectivity index (χ0v) is 16.2. The second-order valence-electron chi connectivity index (χ2n) is 6.89. The number of rotatable bonds is 4. The number of nitrogens with zero attached hydrogens (tertiary/aromatic N) is 2. The lowest BCUT2D eigenvalue weighted by atomic mass is 10.1. The van der Waals surface area contributed by atoms with Gasteiger partial charge in [-0.05, 0) is 31.5 Å². The van der Waals surface area contributed by atoms with Gasteiger partial charge in [-0.1, -0.05) is 29.8 Å². The molecule has 0 unspecified atom stereocenters. The van der Waals surface area contributed by atoms with Crippen molar-refractivity contribution >= 4 is 17.6 Å². The Morgan fingerprint density at radius 1 is 1.21 bits per heavy atom. The van der Waals surface area contributed by atoms with Crippen LogP contribution in [0.3, 0.4) is 0 Å². The van der Waals surface area contributed by atoms with Gasteiger partial charge in [0.2, 0.25) is 5.91 Å². The van der Waals surface area contributed by atoms with E-state index in [-0.39, 0.29) is 11.6 Å². The van der Waals surface area contributed by atoms with Crippen molar-refractivity contribution in [3.05, 3.63) is 59.4 Å². The van der Waals surface area contributed by atoms with Gasteiger partial charge < -0.3 is 19.9 Å². The first kappa shape index (κ1) is 19.7. The van der Waals surface area contributed by atoms with E-state index in [2.05, 4.69) is 5.32 Å². The van der Waals surface area contributed by atoms with Gasteiger partial charge in [0.25, 0.3) is 0 Å². The van der Waals surface area contributed by atoms with Crippen LogP contribution in [0, 0.1) is 12.7 Å². The number of carbonyl (C=O) groups excluding carboxylic acids is 2. The Morgan fingerprint density at radius 2 is 1.93 bits per heavy atom. The molecule has 3 rings (SSSR count). The molecule has 1 atom stereocenters. The van der Waals surface area contributed by atoms with Crippen LogP contribution >= 0.6 is 0 Å². The largest absolute Gasteiger partial charge is 0.497 e. The molecule has 3 amide bonds. The Kier molecular flexibility index (Phi) is 5.82. The highest BCUT2D eigenvalue weighted by Crippen LogP contribution is 2.22. The molecule has 2 aromatic rings. The van der Waals surface area contributed by atoms with Crippen LogP contribution in [0.2, 0.25) is 0 Å². The van der Waals surface area contributed by atoms with E-state index in [1.54, 1.807) is 17.9 Å². The molecule has 1 heterocycles. The third kappa shape index (κ3) is 4.24. The van der Waals surface area contributed by atoms with Gasteiger partial charge in [-0.2, -0.15) is 0 Å². The highest BCUT2D eigenvalue weighted by molar-refractivity contribution is 5.94. The summed E-state index contributed by atoms with van der Waals surface area (Å²) in [6.07, 6.45) is 0. The molecule has 0 saturated carbocycles. The van der Waals surface area contributed by atoms with Crippen LogP contribution in [0.1, 0.15) is 18.1 Å². The molecule has 1 N–H and O–H groups in total. The van der Waals surface area contributed by atoms with Crippen LogP contribution < -0.4 is 10.1 Å². The first-order valence-corrected chi connectivity index (χ1v) is 9.14. The third-order valence-corrected chi connectivity index (χ3v) is 4.92. The summed E-state index contributed by atoms with van der Waals surface area (Å²) in [7, 11) is 1.44. The summed E-state index contributed by atoms with van der Waals surface area (Å²) < 4.78 is 19.0. The number of ether oxygens (including phenoxy) is 1. The predicted molar refractivity (Wildman–Crippen MR) is 105 cm³/mol. The summed E-state index contributed by atoms with van der Waals surface area (Å²) in [4.78, 5) is 28.5. The van der Waals surface area contributed by atoms with Crippen molar-refractivity contribution < 1.29 is 18.7 Å². The summed E-state index contributed by atoms with van der Waals surface area (Å²) >= 11 is 0. The monoisotopic (exact) mass is 385 g/mol. The van der Waals surface area contributed by atoms with Crippen molar-refractivity contribution in [1.82, 2.24) is 9.80 Å². The minimum absolute atomic E-state index is 0.0486. The molecular formula is C21H24FN3O3. The molecule has 1 saturated heterocycles. The van der Waals surface area contributed by atoms with E-state index in [0.717, 1.165) is 11.1 Å². The Bertz CT molecular complexity index is 870. The van der Waals surface area contributed by atoms with Crippen molar-refractivity contribution in [2.24, 2.45) is 0 Å². The lowest BCUT2D eigenvalue weighted by Crippen LogP contribution is -2.58. The molecule has 1 aliphatic rings. The molecule has 0 aromatic heterocycles. The van der Waals surface area contributed by atoms with Gasteiger partial charge in [0, 0.05) is 25.7 Å². The van der Waals surface area contributed by atoms with Gasteiger partial charge in [0.15, 0.2) is 0 Å². The molecular weight excluding hydrogens is 361 g/mol. The van der Waals surface area contributed by atoms with Gasteiger partial charge in [-0.15, -0.1) is 0 Å². The molecule has 148 valence electrons. The number of methoxy groups -OCH3 is 1. The second kappa shape index (κ2) is 8.29. The average molecular weight is 385 g/mol. The fourth-order valence-electron chi connectivity index (χ4n) is 3.19. The molecule has 1 fully saturated rings. The first-order chi connectivity index (χ1) is 13.4. The van der Waals surface area contributed by atoms with E-state index in [9.17, 15) is 14.0 Å². The highest BCUT2D eigenvalue weighted by Gasteiger charge is 2.34. The zero-order chi connectivity index (χ0) is 20.3. The fourth-order valence-corrected chi connectivity index (χ4v) is 3.19. The van der Waals surface area contributed by atoms with Crippen LogP contribution in [0.15, 0.2) is 42.5 Å². The first-order valence-electron chi connectivity index (χ1n) is 9.14. The van der Waals surface area contributed by atoms with Gasteiger partial charge in [0.05, 0.1) is 12.8 Å². The number of nitrogens with one attached hydrogen (secondary N) is 1. The van der Waals surface area contributed by atoms with E-state index >= 15 is 0 Å². The third-order valence-electron chi connectivity index (χ3n) is 4.92. The number of aryl methyl sites for hydroxylation is 1. The van der Waals surface area contributed by atoms with Crippen LogP contribution in [0.25, 0.3) is 0 Å². The second-order valence-corrected chi connectivity index (χ2v) is 6.89. The van der Waals surface area contributed by atoms with Gasteiger partial charge in [-0.25, -0.2) is 9.18 Å². The molecule has 0 bridgehead atoms. The van der Waals surface area contributed by atoms with Crippen LogP contribution in [-0.4, -0.2) is 48.0 Å². The van der Waals surface area contributed by atoms with Crippen molar-refractivity contribution in [1.29, 1.82) is 0 Å². The molecule has 0 spiro atoms. The van der Waals surface area contributed by atoms with Crippen molar-refractivity contribution in [2.75, 3.05) is 25.5 Å². The van der Waals surface area contributed by atoms with E-state index in [1.807, 2.05) is 31.2 Å². The molecule has 7 heteroatoms. The van der Waals surface area contributed by atoms with Crippen LogP contribution in [0.5, 0.6) is 5.75 Å². The van der Waals surface area contributed by atoms with Crippen LogP contribution in [-0.2, 0) is 11.3 Å². The van der Waals surface area contributed by atoms with E-state index in [1.165, 1.54) is 24.1 Å². The lowest BCUT2D eigenvalue weighted by molar-refractivity contribution is -0.139. The summed E-state index contributed by atoms with van der Waals surface area (Å²) in [5, 5.41) is 2.54. The number of halogens is 1. The van der Waals surface area contributed by atoms with Crippen molar-refractivity contribution in [3.63, 3.8) is 0 Å². The number of amides is 3. The Balaban J connectivity index is 1.64. The maximum atomic E-state index is 14.1. The van der Waals surface area contributed by atoms with E-state index < -0.39 is 17.9 Å². The molecule has 1 aliphatic heterocycles. The molecule has 0 radical (unpaired) electrons. The molecule has 28 heavy (non-hydrogen) atoms. The van der Waals surface area contributed by atoms with Gasteiger partial charge >= 0.3 is 6.03 Å². The fraction of sp³-hybridized carbons (Fsp3) is 0.333. The molecule has 0 aliphatic carbocycles. The summed E-state index contributed by atoms with van der Waals surface area (Å²) in [6.45, 7) is 5.01. The van der Waals surface area contributed by atoms with E-state index in [4.69, 9.17) is 4.74 Å². The molecule has 2 aromatic carbocycles. The number of urea groups is 1. The summed E-state index contributed by atoms with van der Waals surface area (Å²) in [6, 6.07) is 11.1. The Labute approximate surface area is 163 Å². The van der Waals surface area contributed by atoms with E-state index in [0.29, 0.717) is 25.4 Å². The summed E-state index contributed by atoms with van der Waals surface area (Å²) in [5.41, 5.74) is 2.26. The quantitative estimate of drug-likeness (QED) is 0.877. The lowest BCUT2D eigenvalue weighted by Gasteiger charge is -2.39. The number of carbonyl (C=O) groups is 2. The summed E-state index contributed by atoms with van der Waals surface area (Å²) in [5.74, 6) is -0.356. The number of piperazine rings is 1. The van der Waals surface area contributed by atoms with Crippen LogP contribution in [0.4, 0.5) is 14.9 Å². The Morgan fingerprint density at radius 3 is 2.57 bits per heavy atom. The van der Waals surface area contributed by atoms with Crippen molar-refractivity contribution in [3.8, 4) is 5.75 Å². The number of hydrogen-bond donors (Lipinski definition) is 1. The average Bonchev–Trinajstić information content (AvgIpc) is 2.68. The normalized spacial score (nSPS) is 16.9.